The van der Waals surface area contributed by atoms with Gasteiger partial charge in [0.25, 0.3) is 0 Å². The summed E-state index contributed by atoms with van der Waals surface area (Å²) in [6, 6.07) is 11.8. The number of nitrogens with one attached hydrogen (secondary N) is 1. The van der Waals surface area contributed by atoms with Crippen molar-refractivity contribution in [1.82, 2.24) is 15.0 Å². The normalized spacial score (nSPS) is 11.9. The van der Waals surface area contributed by atoms with Crippen molar-refractivity contribution in [3.8, 4) is 23.0 Å². The van der Waals surface area contributed by atoms with Gasteiger partial charge in [-0.15, -0.1) is 0 Å². The maximum absolute atomic E-state index is 13.5. The molecule has 1 aliphatic rings. The lowest BCUT2D eigenvalue weighted by Crippen LogP contribution is -2.17. The summed E-state index contributed by atoms with van der Waals surface area (Å²) in [5.41, 5.74) is 6.30. The van der Waals surface area contributed by atoms with E-state index in [0.717, 1.165) is 27.9 Å². The Bertz CT molecular complexity index is 1490. The molecule has 1 aliphatic heterocycles. The molecule has 37 heavy (non-hydrogen) atoms. The Morgan fingerprint density at radius 3 is 2.51 bits per heavy atom. The zero-order valence-corrected chi connectivity index (χ0v) is 21.4. The highest BCUT2D eigenvalue weighted by atomic mass is 32.2. The number of hydrogen-bond acceptors (Lipinski definition) is 7. The SMILES string of the molecule is Cc1cccc(C)c1NC(=O)CSc1nc(-c2ccc(F)cc2)nc2c1Cc1c(CO)cnc(C)c1O2. The molecule has 0 unspecified atom stereocenters. The lowest BCUT2D eigenvalue weighted by molar-refractivity contribution is -0.113. The fourth-order valence-electron chi connectivity index (χ4n) is 4.26. The van der Waals surface area contributed by atoms with Crippen molar-refractivity contribution < 1.29 is 19.0 Å². The number of amides is 1. The molecule has 1 amide bonds. The Kier molecular flexibility index (Phi) is 6.90. The van der Waals surface area contributed by atoms with Crippen LogP contribution in [0.3, 0.4) is 0 Å². The first-order chi connectivity index (χ1) is 17.8. The summed E-state index contributed by atoms with van der Waals surface area (Å²) in [5.74, 6) is 0.888. The van der Waals surface area contributed by atoms with Crippen LogP contribution in [0.5, 0.6) is 11.6 Å². The number of rotatable bonds is 6. The molecule has 0 spiro atoms. The molecule has 2 aromatic carbocycles. The molecule has 0 atom stereocenters. The number of aryl methyl sites for hydroxylation is 3. The lowest BCUT2D eigenvalue weighted by Gasteiger charge is -2.24. The van der Waals surface area contributed by atoms with Crippen LogP contribution in [-0.2, 0) is 17.8 Å². The van der Waals surface area contributed by atoms with Gasteiger partial charge in [-0.25, -0.2) is 9.37 Å². The zero-order chi connectivity index (χ0) is 26.1. The second-order valence-electron chi connectivity index (χ2n) is 8.86. The van der Waals surface area contributed by atoms with E-state index in [4.69, 9.17) is 9.72 Å². The van der Waals surface area contributed by atoms with Crippen LogP contribution in [-0.4, -0.2) is 31.7 Å². The number of aliphatic hydroxyl groups is 1. The number of nitrogens with zero attached hydrogens (tertiary/aromatic N) is 3. The van der Waals surface area contributed by atoms with Crippen molar-refractivity contribution >= 4 is 23.4 Å². The van der Waals surface area contributed by atoms with Crippen molar-refractivity contribution in [2.24, 2.45) is 0 Å². The third-order valence-corrected chi connectivity index (χ3v) is 7.26. The van der Waals surface area contributed by atoms with Crippen LogP contribution in [0, 0.1) is 26.6 Å². The largest absolute Gasteiger partial charge is 0.436 e. The summed E-state index contributed by atoms with van der Waals surface area (Å²) in [4.78, 5) is 26.6. The smallest absolute Gasteiger partial charge is 0.234 e. The second-order valence-corrected chi connectivity index (χ2v) is 9.82. The standard InChI is InChI=1S/C28H25FN4O3S/c1-15-5-4-6-16(2)24(15)31-23(35)14-37-28-22-11-21-19(13-34)12-30-17(3)25(21)36-27(22)32-26(33-28)18-7-9-20(29)10-8-18/h4-10,12,34H,11,13-14H2,1-3H3,(H,31,35). The average molecular weight is 517 g/mol. The number of aliphatic hydroxyl groups excluding tert-OH is 1. The summed E-state index contributed by atoms with van der Waals surface area (Å²) in [6.07, 6.45) is 2.07. The summed E-state index contributed by atoms with van der Waals surface area (Å²) < 4.78 is 19.7. The van der Waals surface area contributed by atoms with Gasteiger partial charge in [-0.3, -0.25) is 9.78 Å². The molecule has 7 nitrogen and oxygen atoms in total. The number of hydrogen-bond donors (Lipinski definition) is 2. The average Bonchev–Trinajstić information content (AvgIpc) is 2.89. The lowest BCUT2D eigenvalue weighted by atomic mass is 9.99. The van der Waals surface area contributed by atoms with E-state index in [-0.39, 0.29) is 24.1 Å². The summed E-state index contributed by atoms with van der Waals surface area (Å²) in [6.45, 7) is 5.57. The Labute approximate surface area is 218 Å². The molecule has 5 rings (SSSR count). The first-order valence-electron chi connectivity index (χ1n) is 11.8. The van der Waals surface area contributed by atoms with Gasteiger partial charge in [0.05, 0.1) is 23.6 Å². The molecule has 9 heteroatoms. The number of ether oxygens (including phenoxy) is 1. The molecule has 3 heterocycles. The van der Waals surface area contributed by atoms with Crippen LogP contribution in [0.2, 0.25) is 0 Å². The topological polar surface area (TPSA) is 97.2 Å². The molecule has 4 aromatic rings. The highest BCUT2D eigenvalue weighted by Gasteiger charge is 2.28. The van der Waals surface area contributed by atoms with E-state index in [0.29, 0.717) is 45.7 Å². The monoisotopic (exact) mass is 516 g/mol. The molecule has 0 saturated heterocycles. The third kappa shape index (κ3) is 5.05. The number of carbonyl (C=O) groups is 1. The molecule has 0 fully saturated rings. The first-order valence-corrected chi connectivity index (χ1v) is 12.7. The molecule has 0 aliphatic carbocycles. The van der Waals surface area contributed by atoms with Crippen LogP contribution in [0.4, 0.5) is 10.1 Å². The maximum Gasteiger partial charge on any atom is 0.234 e. The maximum atomic E-state index is 13.5. The van der Waals surface area contributed by atoms with Crippen molar-refractivity contribution in [1.29, 1.82) is 0 Å². The molecular formula is C28H25FN4O3S. The zero-order valence-electron chi connectivity index (χ0n) is 20.6. The first kappa shape index (κ1) is 24.9. The van der Waals surface area contributed by atoms with Crippen LogP contribution in [0.1, 0.15) is 33.5 Å². The van der Waals surface area contributed by atoms with Gasteiger partial charge in [0, 0.05) is 35.0 Å². The van der Waals surface area contributed by atoms with Crippen LogP contribution < -0.4 is 10.1 Å². The summed E-state index contributed by atoms with van der Waals surface area (Å²) in [7, 11) is 0. The van der Waals surface area contributed by atoms with E-state index < -0.39 is 0 Å². The molecule has 188 valence electrons. The Balaban J connectivity index is 1.50. The van der Waals surface area contributed by atoms with Crippen LogP contribution in [0.25, 0.3) is 11.4 Å². The third-order valence-electron chi connectivity index (χ3n) is 6.25. The van der Waals surface area contributed by atoms with Gasteiger partial charge in [-0.1, -0.05) is 30.0 Å². The Morgan fingerprint density at radius 1 is 1.08 bits per heavy atom. The van der Waals surface area contributed by atoms with Crippen LogP contribution >= 0.6 is 11.8 Å². The highest BCUT2D eigenvalue weighted by Crippen LogP contribution is 2.42. The molecular weight excluding hydrogens is 491 g/mol. The van der Waals surface area contributed by atoms with E-state index in [1.54, 1.807) is 18.3 Å². The van der Waals surface area contributed by atoms with E-state index in [1.165, 1.54) is 23.9 Å². The number of fused-ring (bicyclic) bond motifs is 2. The Morgan fingerprint density at radius 2 is 1.81 bits per heavy atom. The number of halogens is 1. The molecule has 0 saturated carbocycles. The number of para-hydroxylation sites is 1. The van der Waals surface area contributed by atoms with Gasteiger partial charge in [-0.05, 0) is 56.2 Å². The van der Waals surface area contributed by atoms with Crippen LogP contribution in [0.15, 0.2) is 53.7 Å². The fourth-order valence-corrected chi connectivity index (χ4v) is 5.09. The van der Waals surface area contributed by atoms with E-state index >= 15 is 0 Å². The Hall–Kier alpha value is -3.82. The van der Waals surface area contributed by atoms with Gasteiger partial charge in [0.2, 0.25) is 11.8 Å². The fraction of sp³-hybridized carbons (Fsp3) is 0.214. The number of benzene rings is 2. The number of carbonyl (C=O) groups excluding carboxylic acids is 1. The number of aromatic nitrogens is 3. The number of thioether (sulfide) groups is 1. The van der Waals surface area contributed by atoms with Gasteiger partial charge >= 0.3 is 0 Å². The van der Waals surface area contributed by atoms with Gasteiger partial charge in [0.1, 0.15) is 10.8 Å². The van der Waals surface area contributed by atoms with Crippen molar-refractivity contribution in [3.05, 3.63) is 88.0 Å². The summed E-state index contributed by atoms with van der Waals surface area (Å²) >= 11 is 1.28. The predicted octanol–water partition coefficient (Wildman–Crippen LogP) is 5.52. The van der Waals surface area contributed by atoms with Gasteiger partial charge < -0.3 is 15.2 Å². The quantitative estimate of drug-likeness (QED) is 0.226. The van der Waals surface area contributed by atoms with Crippen molar-refractivity contribution in [2.45, 2.75) is 38.8 Å². The minimum Gasteiger partial charge on any atom is -0.436 e. The molecule has 0 radical (unpaired) electrons. The molecule has 2 N–H and O–H groups in total. The molecule has 0 bridgehead atoms. The minimum absolute atomic E-state index is 0.120. The minimum atomic E-state index is -0.358. The second kappa shape index (κ2) is 10.3. The van der Waals surface area contributed by atoms with E-state index in [2.05, 4.69) is 15.3 Å². The highest BCUT2D eigenvalue weighted by molar-refractivity contribution is 8.00. The van der Waals surface area contributed by atoms with Crippen molar-refractivity contribution in [3.63, 3.8) is 0 Å². The number of pyridine rings is 1. The number of anilines is 1. The van der Waals surface area contributed by atoms with E-state index in [9.17, 15) is 14.3 Å². The van der Waals surface area contributed by atoms with Gasteiger partial charge in [-0.2, -0.15) is 4.98 Å². The molecule has 2 aromatic heterocycles. The van der Waals surface area contributed by atoms with Gasteiger partial charge in [0.15, 0.2) is 11.6 Å². The summed E-state index contributed by atoms with van der Waals surface area (Å²) in [5, 5.41) is 13.5. The van der Waals surface area contributed by atoms with E-state index in [1.807, 2.05) is 39.0 Å². The predicted molar refractivity (Wildman–Crippen MR) is 140 cm³/mol. The van der Waals surface area contributed by atoms with Crippen molar-refractivity contribution in [2.75, 3.05) is 11.1 Å².